The number of thioether (sulfide) groups is 1. The van der Waals surface area contributed by atoms with Crippen LogP contribution in [0.1, 0.15) is 20.7 Å². The number of hydrogen-bond donors (Lipinski definition) is 2. The Hall–Kier alpha value is -0.990. The number of halogens is 2. The van der Waals surface area contributed by atoms with E-state index in [0.717, 1.165) is 0 Å². The predicted molar refractivity (Wildman–Crippen MR) is 118 cm³/mol. The first kappa shape index (κ1) is 20.7. The van der Waals surface area contributed by atoms with Crippen molar-refractivity contribution in [2.75, 3.05) is 13.1 Å². The lowest BCUT2D eigenvalue weighted by atomic mass is 10.2. The van der Waals surface area contributed by atoms with Crippen LogP contribution >= 0.6 is 56.6 Å². The van der Waals surface area contributed by atoms with Gasteiger partial charge in [-0.25, -0.2) is 0 Å². The summed E-state index contributed by atoms with van der Waals surface area (Å²) in [6, 6.07) is 13.6. The molecule has 3 rings (SSSR count). The quantitative estimate of drug-likeness (QED) is 0.600. The van der Waals surface area contributed by atoms with E-state index in [1.807, 2.05) is 0 Å². The molecular weight excluding hydrogens is 443 g/mol. The molecule has 27 heavy (non-hydrogen) atoms. The number of amides is 2. The fourth-order valence-corrected chi connectivity index (χ4v) is 7.93. The zero-order chi connectivity index (χ0) is 19.2. The Bertz CT molecular complexity index is 736. The van der Waals surface area contributed by atoms with Crippen molar-refractivity contribution in [1.29, 1.82) is 0 Å². The molecule has 4 nitrogen and oxygen atoms in total. The van der Waals surface area contributed by atoms with E-state index in [1.54, 1.807) is 81.9 Å². The molecule has 0 aliphatic carbocycles. The predicted octanol–water partition coefficient (Wildman–Crippen LogP) is 4.93. The normalized spacial score (nSPS) is 18.9. The molecule has 0 bridgehead atoms. The Labute approximate surface area is 179 Å². The van der Waals surface area contributed by atoms with Gasteiger partial charge in [0.05, 0.1) is 9.16 Å². The zero-order valence-corrected chi connectivity index (χ0v) is 17.9. The van der Waals surface area contributed by atoms with Crippen LogP contribution in [0.15, 0.2) is 48.5 Å². The molecule has 0 aromatic heterocycles. The first-order valence-corrected chi connectivity index (χ1v) is 12.0. The molecule has 1 heterocycles. The van der Waals surface area contributed by atoms with Gasteiger partial charge in [-0.1, -0.05) is 44.8 Å². The highest BCUT2D eigenvalue weighted by atomic mass is 35.5. The fourth-order valence-electron chi connectivity index (χ4n) is 2.26. The average Bonchev–Trinajstić information content (AvgIpc) is 3.13. The standard InChI is InChI=1S/C18H16Cl2N2O2S3/c19-13-5-1-11(2-6-13)17(23)21-9-15-25-16(27-26-15)10-22-18(24)12-3-7-14(20)8-4-12/h1-8,15-16H,9-10H2,(H,21,23)(H,22,24)/t15-,16+. The second-order valence-corrected chi connectivity index (χ2v) is 11.2. The van der Waals surface area contributed by atoms with E-state index in [4.69, 9.17) is 23.2 Å². The second-order valence-electron chi connectivity index (χ2n) is 5.62. The van der Waals surface area contributed by atoms with Crippen molar-refractivity contribution < 1.29 is 9.59 Å². The van der Waals surface area contributed by atoms with E-state index in [-0.39, 0.29) is 21.0 Å². The van der Waals surface area contributed by atoms with E-state index < -0.39 is 0 Å². The molecule has 1 aliphatic rings. The Morgan fingerprint density at radius 3 is 1.48 bits per heavy atom. The molecule has 9 heteroatoms. The largest absolute Gasteiger partial charge is 0.350 e. The molecular formula is C18H16Cl2N2O2S3. The Morgan fingerprint density at radius 2 is 1.11 bits per heavy atom. The number of hydrogen-bond acceptors (Lipinski definition) is 5. The number of carbonyl (C=O) groups excluding carboxylic acids is 2. The van der Waals surface area contributed by atoms with Gasteiger partial charge in [-0.2, -0.15) is 0 Å². The third-order valence-corrected chi connectivity index (χ3v) is 9.67. The van der Waals surface area contributed by atoms with E-state index >= 15 is 0 Å². The van der Waals surface area contributed by atoms with Crippen LogP contribution in [0.4, 0.5) is 0 Å². The SMILES string of the molecule is O=C(NC[C@@H]1SS[C@H](CNC(=O)c2ccc(Cl)cc2)S1)c1ccc(Cl)cc1. The van der Waals surface area contributed by atoms with Gasteiger partial charge in [0.2, 0.25) is 0 Å². The first-order valence-electron chi connectivity index (χ1n) is 8.06. The van der Waals surface area contributed by atoms with Crippen molar-refractivity contribution in [1.82, 2.24) is 10.6 Å². The summed E-state index contributed by atoms with van der Waals surface area (Å²) in [6.07, 6.45) is 0. The number of carbonyl (C=O) groups is 2. The topological polar surface area (TPSA) is 58.2 Å². The minimum Gasteiger partial charge on any atom is -0.350 e. The van der Waals surface area contributed by atoms with Crippen molar-refractivity contribution in [2.45, 2.75) is 9.16 Å². The van der Waals surface area contributed by atoms with Crippen molar-refractivity contribution in [3.05, 3.63) is 69.7 Å². The van der Waals surface area contributed by atoms with E-state index in [1.165, 1.54) is 0 Å². The van der Waals surface area contributed by atoms with Crippen LogP contribution in [0.3, 0.4) is 0 Å². The second kappa shape index (κ2) is 9.98. The molecule has 1 aliphatic heterocycles. The van der Waals surface area contributed by atoms with Crippen LogP contribution in [-0.2, 0) is 0 Å². The lowest BCUT2D eigenvalue weighted by Gasteiger charge is -2.11. The van der Waals surface area contributed by atoms with Crippen LogP contribution in [0.25, 0.3) is 0 Å². The lowest BCUT2D eigenvalue weighted by molar-refractivity contribution is 0.0948. The molecule has 0 saturated carbocycles. The van der Waals surface area contributed by atoms with Crippen molar-refractivity contribution >= 4 is 68.4 Å². The number of benzene rings is 2. The lowest BCUT2D eigenvalue weighted by Crippen LogP contribution is -2.30. The maximum atomic E-state index is 12.1. The van der Waals surface area contributed by atoms with Gasteiger partial charge in [-0.3, -0.25) is 9.59 Å². The highest BCUT2D eigenvalue weighted by Gasteiger charge is 2.27. The van der Waals surface area contributed by atoms with Gasteiger partial charge < -0.3 is 10.6 Å². The highest BCUT2D eigenvalue weighted by Crippen LogP contribution is 2.50. The molecule has 1 saturated heterocycles. The van der Waals surface area contributed by atoms with Crippen molar-refractivity contribution in [3.63, 3.8) is 0 Å². The molecule has 2 amide bonds. The number of nitrogens with one attached hydrogen (secondary N) is 2. The van der Waals surface area contributed by atoms with Crippen LogP contribution < -0.4 is 10.6 Å². The van der Waals surface area contributed by atoms with Crippen LogP contribution in [0.2, 0.25) is 10.0 Å². The molecule has 2 N–H and O–H groups in total. The summed E-state index contributed by atoms with van der Waals surface area (Å²) in [6.45, 7) is 1.12. The molecule has 0 spiro atoms. The van der Waals surface area contributed by atoms with Crippen LogP contribution in [-0.4, -0.2) is 34.1 Å². The third-order valence-electron chi connectivity index (χ3n) is 3.65. The zero-order valence-electron chi connectivity index (χ0n) is 14.0. The summed E-state index contributed by atoms with van der Waals surface area (Å²) in [7, 11) is 3.43. The van der Waals surface area contributed by atoms with E-state index in [2.05, 4.69) is 10.6 Å². The van der Waals surface area contributed by atoms with Gasteiger partial charge in [0.15, 0.2) is 0 Å². The van der Waals surface area contributed by atoms with Gasteiger partial charge in [0.1, 0.15) is 0 Å². The molecule has 0 radical (unpaired) electrons. The van der Waals surface area contributed by atoms with Gasteiger partial charge in [-0.05, 0) is 48.5 Å². The summed E-state index contributed by atoms with van der Waals surface area (Å²) in [5, 5.41) is 7.09. The highest BCUT2D eigenvalue weighted by molar-refractivity contribution is 8.82. The fraction of sp³-hybridized carbons (Fsp3) is 0.222. The summed E-state index contributed by atoms with van der Waals surface area (Å²) in [4.78, 5) is 24.3. The molecule has 142 valence electrons. The van der Waals surface area contributed by atoms with E-state index in [0.29, 0.717) is 34.3 Å². The van der Waals surface area contributed by atoms with Gasteiger partial charge in [0, 0.05) is 34.3 Å². The Kier molecular flexibility index (Phi) is 7.66. The maximum Gasteiger partial charge on any atom is 0.251 e. The van der Waals surface area contributed by atoms with Crippen LogP contribution in [0.5, 0.6) is 0 Å². The first-order chi connectivity index (χ1) is 13.0. The van der Waals surface area contributed by atoms with Gasteiger partial charge >= 0.3 is 0 Å². The Balaban J connectivity index is 1.39. The van der Waals surface area contributed by atoms with Crippen LogP contribution in [0, 0.1) is 0 Å². The summed E-state index contributed by atoms with van der Waals surface area (Å²) in [5.41, 5.74) is 1.18. The average molecular weight is 459 g/mol. The molecule has 0 unspecified atom stereocenters. The van der Waals surface area contributed by atoms with Crippen molar-refractivity contribution in [2.24, 2.45) is 0 Å². The molecule has 2 aromatic carbocycles. The molecule has 2 aromatic rings. The smallest absolute Gasteiger partial charge is 0.251 e. The van der Waals surface area contributed by atoms with Gasteiger partial charge in [-0.15, -0.1) is 11.8 Å². The maximum absolute atomic E-state index is 12.1. The monoisotopic (exact) mass is 458 g/mol. The summed E-state index contributed by atoms with van der Waals surface area (Å²) < 4.78 is 0.479. The minimum atomic E-state index is -0.114. The summed E-state index contributed by atoms with van der Waals surface area (Å²) >= 11 is 13.4. The summed E-state index contributed by atoms with van der Waals surface area (Å²) in [5.74, 6) is -0.227. The van der Waals surface area contributed by atoms with E-state index in [9.17, 15) is 9.59 Å². The number of rotatable bonds is 6. The molecule has 1 fully saturated rings. The molecule has 2 atom stereocenters. The third kappa shape index (κ3) is 6.26. The minimum absolute atomic E-state index is 0.114. The van der Waals surface area contributed by atoms with Crippen molar-refractivity contribution in [3.8, 4) is 0 Å². The van der Waals surface area contributed by atoms with Gasteiger partial charge in [0.25, 0.3) is 11.8 Å². The Morgan fingerprint density at radius 1 is 0.741 bits per heavy atom.